The second-order valence-electron chi connectivity index (χ2n) is 9.35. The molecule has 2 saturated heterocycles. The van der Waals surface area contributed by atoms with E-state index in [1.807, 2.05) is 11.8 Å². The fourth-order valence-electron chi connectivity index (χ4n) is 4.64. The number of rotatable bonds is 8. The zero-order valence-electron chi connectivity index (χ0n) is 20.0. The van der Waals surface area contributed by atoms with Gasteiger partial charge in [-0.05, 0) is 55.0 Å². The lowest BCUT2D eigenvalue weighted by Crippen LogP contribution is -2.50. The third-order valence-electron chi connectivity index (χ3n) is 6.89. The Hall–Kier alpha value is -3.41. The van der Waals surface area contributed by atoms with Crippen LogP contribution in [0.3, 0.4) is 0 Å². The molecule has 2 fully saturated rings. The third kappa shape index (κ3) is 5.63. The number of benzene rings is 1. The second kappa shape index (κ2) is 10.2. The van der Waals surface area contributed by atoms with Gasteiger partial charge in [-0.15, -0.1) is 0 Å². The highest BCUT2D eigenvalue weighted by Crippen LogP contribution is 2.42. The molecule has 2 aliphatic heterocycles. The van der Waals surface area contributed by atoms with Crippen molar-refractivity contribution in [1.29, 1.82) is 0 Å². The molecule has 2 unspecified atom stereocenters. The van der Waals surface area contributed by atoms with Gasteiger partial charge in [-0.3, -0.25) is 9.69 Å². The van der Waals surface area contributed by atoms with Gasteiger partial charge in [0.25, 0.3) is 11.5 Å². The minimum absolute atomic E-state index is 0.0647. The van der Waals surface area contributed by atoms with E-state index in [-0.39, 0.29) is 49.3 Å². The topological polar surface area (TPSA) is 103 Å². The zero-order valence-corrected chi connectivity index (χ0v) is 20.0. The number of epoxide rings is 1. The van der Waals surface area contributed by atoms with E-state index in [4.69, 9.17) is 9.47 Å². The summed E-state index contributed by atoms with van der Waals surface area (Å²) < 4.78 is 54.1. The highest BCUT2D eigenvalue weighted by molar-refractivity contribution is 5.41. The monoisotopic (exact) mass is 516 g/mol. The minimum atomic E-state index is -2.94. The molecule has 196 valence electrons. The van der Waals surface area contributed by atoms with Crippen LogP contribution in [0.2, 0.25) is 0 Å². The molecule has 4 heterocycles. The molecule has 0 amide bonds. The molecule has 8 nitrogen and oxygen atoms in total. The Morgan fingerprint density at radius 2 is 2.03 bits per heavy atom. The van der Waals surface area contributed by atoms with Gasteiger partial charge in [0.2, 0.25) is 0 Å². The first kappa shape index (κ1) is 25.2. The van der Waals surface area contributed by atoms with E-state index in [0.29, 0.717) is 22.9 Å². The number of likely N-dealkylation sites (tertiary alicyclic amines) is 1. The van der Waals surface area contributed by atoms with Crippen LogP contribution in [0.1, 0.15) is 30.4 Å². The van der Waals surface area contributed by atoms with E-state index in [1.54, 1.807) is 12.1 Å². The Balaban J connectivity index is 1.18. The van der Waals surface area contributed by atoms with Crippen molar-refractivity contribution in [2.75, 3.05) is 18.4 Å². The van der Waals surface area contributed by atoms with Crippen molar-refractivity contribution in [2.45, 2.75) is 50.2 Å². The molecule has 11 heteroatoms. The fourth-order valence-corrected chi connectivity index (χ4v) is 4.64. The van der Waals surface area contributed by atoms with E-state index in [1.165, 1.54) is 42.7 Å². The Kier molecular flexibility index (Phi) is 6.93. The average Bonchev–Trinajstić information content (AvgIpc) is 3.65. The van der Waals surface area contributed by atoms with Crippen LogP contribution < -0.4 is 15.6 Å². The summed E-state index contributed by atoms with van der Waals surface area (Å²) in [6.07, 6.45) is 1.99. The molecule has 3 N–H and O–H groups in total. The molecule has 0 bridgehead atoms. The molecule has 0 saturated carbocycles. The molecule has 1 aromatic carbocycles. The van der Waals surface area contributed by atoms with Crippen molar-refractivity contribution in [3.63, 3.8) is 0 Å². The summed E-state index contributed by atoms with van der Waals surface area (Å²) in [7, 11) is 0. The number of piperidine rings is 1. The van der Waals surface area contributed by atoms with Crippen LogP contribution in [-0.2, 0) is 11.3 Å². The number of H-pyrrole nitrogens is 1. The number of aliphatic hydroxyl groups is 1. The number of ether oxygens (including phenoxy) is 2. The molecule has 0 radical (unpaired) electrons. The summed E-state index contributed by atoms with van der Waals surface area (Å²) in [6, 6.07) is 10.3. The number of aromatic nitrogens is 2. The number of anilines is 1. The predicted octanol–water partition coefficient (Wildman–Crippen LogP) is 3.84. The Bertz CT molecular complexity index is 1290. The van der Waals surface area contributed by atoms with Crippen molar-refractivity contribution in [1.82, 2.24) is 14.9 Å². The number of aliphatic hydroxyl groups excluding tert-OH is 1. The van der Waals surface area contributed by atoms with Crippen molar-refractivity contribution >= 4 is 5.82 Å². The lowest BCUT2D eigenvalue weighted by atomic mass is 9.86. The van der Waals surface area contributed by atoms with Crippen LogP contribution in [0.15, 0.2) is 59.7 Å². The quantitative estimate of drug-likeness (QED) is 0.391. The molecule has 2 aliphatic rings. The molecule has 37 heavy (non-hydrogen) atoms. The van der Waals surface area contributed by atoms with Gasteiger partial charge in [0, 0.05) is 37.3 Å². The molecule has 4 atom stereocenters. The Morgan fingerprint density at radius 1 is 1.27 bits per heavy atom. The average molecular weight is 517 g/mol. The Morgan fingerprint density at radius 3 is 2.73 bits per heavy atom. The van der Waals surface area contributed by atoms with E-state index in [9.17, 15) is 23.1 Å². The molecular weight excluding hydrogens is 489 g/mol. The van der Waals surface area contributed by atoms with Gasteiger partial charge < -0.3 is 24.9 Å². The van der Waals surface area contributed by atoms with Gasteiger partial charge in [-0.1, -0.05) is 0 Å². The fraction of sp³-hybridized carbons (Fsp3) is 0.385. The van der Waals surface area contributed by atoms with Crippen LogP contribution in [0.5, 0.6) is 11.5 Å². The summed E-state index contributed by atoms with van der Waals surface area (Å²) in [6.45, 7) is 1.72. The number of hydrogen-bond donors (Lipinski definition) is 3. The third-order valence-corrected chi connectivity index (χ3v) is 6.89. The molecule has 5 rings (SSSR count). The lowest BCUT2D eigenvalue weighted by Gasteiger charge is -2.41. The number of nitrogens with one attached hydrogen (secondary N) is 2. The first-order valence-corrected chi connectivity index (χ1v) is 12.0. The summed E-state index contributed by atoms with van der Waals surface area (Å²) >= 11 is 0. The summed E-state index contributed by atoms with van der Waals surface area (Å²) in [5.41, 5.74) is -0.126. The number of aromatic amines is 1. The van der Waals surface area contributed by atoms with Crippen molar-refractivity contribution in [3.05, 3.63) is 82.2 Å². The first-order valence-electron chi connectivity index (χ1n) is 12.0. The standard InChI is InChI=1S/C26H27F3N4O4/c1-15(33-9-8-26(28,29)21(13-33)16-10-17(14-34)24(35)31-11-16)23-25(37-23)32-22-7-6-20(12-30-22)36-19-4-2-18(27)3-5-19/h2-7,10-12,15,21,23,25,34H,8-9,13-14H2,1H3,(H,30,32)(H,31,35)/t15-,21+,23?,25?/m0/s1. The zero-order chi connectivity index (χ0) is 26.2. The highest BCUT2D eigenvalue weighted by atomic mass is 19.3. The van der Waals surface area contributed by atoms with Gasteiger partial charge in [0.05, 0.1) is 18.7 Å². The van der Waals surface area contributed by atoms with E-state index in [2.05, 4.69) is 15.3 Å². The smallest absolute Gasteiger partial charge is 0.257 e. The van der Waals surface area contributed by atoms with E-state index in [0.717, 1.165) is 0 Å². The minimum Gasteiger partial charge on any atom is -0.456 e. The molecular formula is C26H27F3N4O4. The molecule has 0 aliphatic carbocycles. The first-order chi connectivity index (χ1) is 17.7. The van der Waals surface area contributed by atoms with E-state index < -0.39 is 24.0 Å². The SMILES string of the molecule is C[C@@H](C1OC1Nc1ccc(Oc2ccc(F)cc2)cn1)N1CCC(F)(F)[C@@H](c2c[nH]c(=O)c(CO)c2)C1. The maximum Gasteiger partial charge on any atom is 0.257 e. The molecule has 0 spiro atoms. The summed E-state index contributed by atoms with van der Waals surface area (Å²) in [5, 5.41) is 12.6. The van der Waals surface area contributed by atoms with Gasteiger partial charge >= 0.3 is 0 Å². The summed E-state index contributed by atoms with van der Waals surface area (Å²) in [5.74, 6) is -2.86. The highest BCUT2D eigenvalue weighted by Gasteiger charge is 2.51. The van der Waals surface area contributed by atoms with Crippen molar-refractivity contribution in [2.24, 2.45) is 0 Å². The Labute approximate surface area is 211 Å². The van der Waals surface area contributed by atoms with Crippen LogP contribution >= 0.6 is 0 Å². The lowest BCUT2D eigenvalue weighted by molar-refractivity contribution is -0.0835. The predicted molar refractivity (Wildman–Crippen MR) is 129 cm³/mol. The van der Waals surface area contributed by atoms with E-state index >= 15 is 0 Å². The maximum absolute atomic E-state index is 14.8. The van der Waals surface area contributed by atoms with Crippen LogP contribution in [-0.4, -0.2) is 57.4 Å². The maximum atomic E-state index is 14.8. The van der Waals surface area contributed by atoms with Gasteiger partial charge in [0.1, 0.15) is 29.2 Å². The van der Waals surface area contributed by atoms with Crippen molar-refractivity contribution in [3.8, 4) is 11.5 Å². The van der Waals surface area contributed by atoms with Crippen molar-refractivity contribution < 1.29 is 27.8 Å². The number of alkyl halides is 2. The normalized spacial score (nSPS) is 23.9. The van der Waals surface area contributed by atoms with Crippen LogP contribution in [0, 0.1) is 5.82 Å². The van der Waals surface area contributed by atoms with Gasteiger partial charge in [0.15, 0.2) is 6.23 Å². The number of hydrogen-bond acceptors (Lipinski definition) is 7. The second-order valence-corrected chi connectivity index (χ2v) is 9.35. The number of nitrogens with zero attached hydrogens (tertiary/aromatic N) is 2. The largest absolute Gasteiger partial charge is 0.456 e. The van der Waals surface area contributed by atoms with Crippen LogP contribution in [0.25, 0.3) is 0 Å². The number of pyridine rings is 2. The van der Waals surface area contributed by atoms with Crippen LogP contribution in [0.4, 0.5) is 19.0 Å². The summed E-state index contributed by atoms with van der Waals surface area (Å²) in [4.78, 5) is 20.5. The molecule has 2 aromatic heterocycles. The van der Waals surface area contributed by atoms with Gasteiger partial charge in [-0.2, -0.15) is 0 Å². The van der Waals surface area contributed by atoms with Gasteiger partial charge in [-0.25, -0.2) is 18.2 Å². The molecule has 3 aromatic rings. The number of halogens is 3.